The molecule has 1 aromatic carbocycles. The number of likely N-dealkylation sites (N-methyl/N-ethyl adjacent to an activating group) is 1. The summed E-state index contributed by atoms with van der Waals surface area (Å²) >= 11 is 5.58. The van der Waals surface area contributed by atoms with Crippen LogP contribution >= 0.6 is 12.2 Å². The summed E-state index contributed by atoms with van der Waals surface area (Å²) in [6, 6.07) is 5.76. The van der Waals surface area contributed by atoms with Crippen molar-refractivity contribution in [1.29, 1.82) is 0 Å². The maximum absolute atomic E-state index is 13.1. The zero-order valence-electron chi connectivity index (χ0n) is 16.4. The van der Waals surface area contributed by atoms with Gasteiger partial charge < -0.3 is 14.4 Å². The molecule has 0 N–H and O–H groups in total. The third kappa shape index (κ3) is 4.15. The van der Waals surface area contributed by atoms with Crippen molar-refractivity contribution in [2.45, 2.75) is 45.1 Å². The maximum Gasteiger partial charge on any atom is 0.277 e. The zero-order valence-corrected chi connectivity index (χ0v) is 17.3. The summed E-state index contributed by atoms with van der Waals surface area (Å²) in [6.07, 6.45) is 12.7. The lowest BCUT2D eigenvalue weighted by Crippen LogP contribution is -2.41. The van der Waals surface area contributed by atoms with E-state index in [0.29, 0.717) is 28.9 Å². The molecule has 0 radical (unpaired) electrons. The number of carbonyl (C=O) groups is 1. The van der Waals surface area contributed by atoms with E-state index < -0.39 is 0 Å². The van der Waals surface area contributed by atoms with Crippen molar-refractivity contribution < 1.29 is 14.3 Å². The molecule has 1 aromatic rings. The first-order valence-electron chi connectivity index (χ1n) is 9.72. The molecule has 28 heavy (non-hydrogen) atoms. The summed E-state index contributed by atoms with van der Waals surface area (Å²) < 4.78 is 11.2. The van der Waals surface area contributed by atoms with E-state index in [9.17, 15) is 4.79 Å². The van der Waals surface area contributed by atoms with Gasteiger partial charge in [0.1, 0.15) is 12.3 Å². The smallest absolute Gasteiger partial charge is 0.277 e. The first-order valence-corrected chi connectivity index (χ1v) is 10.1. The van der Waals surface area contributed by atoms with Crippen LogP contribution in [0.15, 0.2) is 23.9 Å². The number of amides is 1. The van der Waals surface area contributed by atoms with Gasteiger partial charge in [-0.05, 0) is 55.8 Å². The predicted octanol–water partition coefficient (Wildman–Crippen LogP) is 3.83. The Hall–Kier alpha value is -2.52. The number of benzene rings is 1. The molecule has 0 unspecified atom stereocenters. The number of rotatable bonds is 6. The maximum atomic E-state index is 13.1. The number of ether oxygens (including phenoxy) is 2. The largest absolute Gasteiger partial charge is 0.490 e. The van der Waals surface area contributed by atoms with E-state index in [1.807, 2.05) is 38.2 Å². The summed E-state index contributed by atoms with van der Waals surface area (Å²) in [5.74, 6) is 3.62. The van der Waals surface area contributed by atoms with Gasteiger partial charge in [-0.15, -0.1) is 6.42 Å². The van der Waals surface area contributed by atoms with Gasteiger partial charge in [-0.1, -0.05) is 31.2 Å². The molecule has 3 rings (SSSR count). The molecular formula is C22H26N2O3S. The first kappa shape index (κ1) is 20.2. The van der Waals surface area contributed by atoms with Gasteiger partial charge in [0.05, 0.1) is 6.61 Å². The van der Waals surface area contributed by atoms with E-state index in [4.69, 9.17) is 28.1 Å². The number of nitrogens with zero attached hydrogens (tertiary/aromatic N) is 2. The summed E-state index contributed by atoms with van der Waals surface area (Å²) in [6.45, 7) is 2.59. The lowest BCUT2D eigenvalue weighted by atomic mass is 9.94. The monoisotopic (exact) mass is 398 g/mol. The van der Waals surface area contributed by atoms with Crippen LogP contribution in [0.1, 0.15) is 44.6 Å². The number of terminal acetylenes is 1. The van der Waals surface area contributed by atoms with Crippen LogP contribution in [0, 0.1) is 12.3 Å². The molecule has 148 valence electrons. The van der Waals surface area contributed by atoms with Crippen molar-refractivity contribution in [1.82, 2.24) is 9.80 Å². The van der Waals surface area contributed by atoms with Crippen LogP contribution in [0.4, 0.5) is 0 Å². The second-order valence-electron chi connectivity index (χ2n) is 6.97. The number of hydrogen-bond acceptors (Lipinski definition) is 4. The second kappa shape index (κ2) is 9.11. The average molecular weight is 399 g/mol. The van der Waals surface area contributed by atoms with Gasteiger partial charge >= 0.3 is 0 Å². The van der Waals surface area contributed by atoms with Gasteiger partial charge in [-0.25, -0.2) is 0 Å². The van der Waals surface area contributed by atoms with Crippen molar-refractivity contribution in [3.8, 4) is 23.8 Å². The van der Waals surface area contributed by atoms with Gasteiger partial charge in [0, 0.05) is 13.1 Å². The van der Waals surface area contributed by atoms with Crippen LogP contribution in [-0.4, -0.2) is 47.1 Å². The van der Waals surface area contributed by atoms with Gasteiger partial charge in [0.15, 0.2) is 16.6 Å². The standard InChI is InChI=1S/C22H26N2O3S/c1-4-13-27-19-12-11-16(15-20(19)26-5-2)14-18-21(25)24(22(28)23(18)3)17-9-7-6-8-10-17/h1,11-12,14-15,17H,5-10,13H2,2-3H3/b18-14-. The lowest BCUT2D eigenvalue weighted by molar-refractivity contribution is -0.124. The lowest BCUT2D eigenvalue weighted by Gasteiger charge is -2.30. The van der Waals surface area contributed by atoms with Crippen LogP contribution in [0.2, 0.25) is 0 Å². The second-order valence-corrected chi connectivity index (χ2v) is 7.34. The fraction of sp³-hybridized carbons (Fsp3) is 0.455. The normalized spacial score (nSPS) is 19.2. The Morgan fingerprint density at radius 3 is 2.68 bits per heavy atom. The molecule has 0 bridgehead atoms. The van der Waals surface area contributed by atoms with Crippen LogP contribution in [0.5, 0.6) is 11.5 Å². The minimum absolute atomic E-state index is 0.0231. The van der Waals surface area contributed by atoms with E-state index in [1.54, 1.807) is 9.80 Å². The molecule has 6 heteroatoms. The van der Waals surface area contributed by atoms with Crippen LogP contribution in [0.3, 0.4) is 0 Å². The number of thiocarbonyl (C=S) groups is 1. The highest BCUT2D eigenvalue weighted by molar-refractivity contribution is 7.80. The van der Waals surface area contributed by atoms with E-state index >= 15 is 0 Å². The Bertz CT molecular complexity index is 822. The van der Waals surface area contributed by atoms with E-state index in [0.717, 1.165) is 31.2 Å². The molecule has 0 spiro atoms. The summed E-state index contributed by atoms with van der Waals surface area (Å²) in [4.78, 5) is 16.7. The minimum Gasteiger partial charge on any atom is -0.490 e. The summed E-state index contributed by atoms with van der Waals surface area (Å²) in [5, 5.41) is 0.585. The van der Waals surface area contributed by atoms with E-state index in [-0.39, 0.29) is 18.6 Å². The van der Waals surface area contributed by atoms with Crippen molar-refractivity contribution in [2.75, 3.05) is 20.3 Å². The molecule has 2 aliphatic rings. The molecule has 1 heterocycles. The highest BCUT2D eigenvalue weighted by Gasteiger charge is 2.40. The molecule has 1 aliphatic carbocycles. The highest BCUT2D eigenvalue weighted by Crippen LogP contribution is 2.33. The van der Waals surface area contributed by atoms with Crippen LogP contribution in [0.25, 0.3) is 6.08 Å². The van der Waals surface area contributed by atoms with Crippen LogP contribution < -0.4 is 9.47 Å². The minimum atomic E-state index is -0.0231. The van der Waals surface area contributed by atoms with E-state index in [2.05, 4.69) is 5.92 Å². The third-order valence-corrected chi connectivity index (χ3v) is 5.58. The fourth-order valence-corrected chi connectivity index (χ4v) is 4.05. The quantitative estimate of drug-likeness (QED) is 0.414. The molecule has 1 amide bonds. The van der Waals surface area contributed by atoms with Crippen molar-refractivity contribution in [2.24, 2.45) is 0 Å². The fourth-order valence-electron chi connectivity index (χ4n) is 3.72. The van der Waals surface area contributed by atoms with Gasteiger partial charge in [-0.3, -0.25) is 9.69 Å². The molecule has 1 saturated heterocycles. The van der Waals surface area contributed by atoms with Gasteiger partial charge in [-0.2, -0.15) is 0 Å². The Balaban J connectivity index is 1.87. The van der Waals surface area contributed by atoms with Gasteiger partial charge in [0.25, 0.3) is 5.91 Å². The predicted molar refractivity (Wildman–Crippen MR) is 114 cm³/mol. The molecule has 0 aromatic heterocycles. The Labute approximate surface area is 172 Å². The van der Waals surface area contributed by atoms with Crippen molar-refractivity contribution in [3.63, 3.8) is 0 Å². The van der Waals surface area contributed by atoms with E-state index in [1.165, 1.54) is 6.42 Å². The Kier molecular flexibility index (Phi) is 6.58. The zero-order chi connectivity index (χ0) is 20.1. The number of carbonyl (C=O) groups excluding carboxylic acids is 1. The molecule has 5 nitrogen and oxygen atoms in total. The van der Waals surface area contributed by atoms with Crippen molar-refractivity contribution >= 4 is 29.3 Å². The molecular weight excluding hydrogens is 372 g/mol. The summed E-state index contributed by atoms with van der Waals surface area (Å²) in [5.41, 5.74) is 1.43. The van der Waals surface area contributed by atoms with Gasteiger partial charge in [0.2, 0.25) is 0 Å². The van der Waals surface area contributed by atoms with Crippen molar-refractivity contribution in [3.05, 3.63) is 29.5 Å². The molecule has 1 saturated carbocycles. The third-order valence-electron chi connectivity index (χ3n) is 5.11. The molecule has 2 fully saturated rings. The SMILES string of the molecule is C#CCOc1ccc(/C=C2/C(=O)N(C3CCCCC3)C(=S)N2C)cc1OCC. The Morgan fingerprint density at radius 2 is 2.00 bits per heavy atom. The first-order chi connectivity index (χ1) is 13.6. The summed E-state index contributed by atoms with van der Waals surface area (Å²) in [7, 11) is 1.85. The number of hydrogen-bond donors (Lipinski definition) is 0. The average Bonchev–Trinajstić information content (AvgIpc) is 2.91. The Morgan fingerprint density at radius 1 is 1.25 bits per heavy atom. The highest BCUT2D eigenvalue weighted by atomic mass is 32.1. The topological polar surface area (TPSA) is 42.0 Å². The molecule has 1 aliphatic heterocycles. The molecule has 0 atom stereocenters. The van der Waals surface area contributed by atoms with Crippen LogP contribution in [-0.2, 0) is 4.79 Å².